The summed E-state index contributed by atoms with van der Waals surface area (Å²) in [6.07, 6.45) is 3.58. The molecular weight excluding hydrogens is 324 g/mol. The summed E-state index contributed by atoms with van der Waals surface area (Å²) in [6.45, 7) is 8.94. The van der Waals surface area contributed by atoms with Gasteiger partial charge in [-0.2, -0.15) is 0 Å². The highest BCUT2D eigenvalue weighted by Crippen LogP contribution is 2.33. The number of amides is 1. The average molecular weight is 348 g/mol. The van der Waals surface area contributed by atoms with E-state index in [2.05, 4.69) is 14.9 Å². The lowest BCUT2D eigenvalue weighted by atomic mass is 10.2. The second kappa shape index (κ2) is 6.50. The summed E-state index contributed by atoms with van der Waals surface area (Å²) in [7, 11) is 0. The molecular formula is C17H24N4O4. The van der Waals surface area contributed by atoms with E-state index in [9.17, 15) is 9.59 Å². The maximum Gasteiger partial charge on any atom is 0.410 e. The van der Waals surface area contributed by atoms with Crippen LogP contribution in [-0.2, 0) is 9.47 Å². The fraction of sp³-hybridized carbons (Fsp3) is 0.647. The first-order chi connectivity index (χ1) is 11.8. The molecule has 2 saturated heterocycles. The first kappa shape index (κ1) is 17.4. The fourth-order valence-corrected chi connectivity index (χ4v) is 3.25. The van der Waals surface area contributed by atoms with Crippen molar-refractivity contribution in [1.82, 2.24) is 14.9 Å². The number of anilines is 1. The Morgan fingerprint density at radius 1 is 1.20 bits per heavy atom. The lowest BCUT2D eigenvalue weighted by Gasteiger charge is -2.35. The Morgan fingerprint density at radius 3 is 2.40 bits per heavy atom. The lowest BCUT2D eigenvalue weighted by Crippen LogP contribution is -2.50. The van der Waals surface area contributed by atoms with E-state index in [4.69, 9.17) is 9.47 Å². The van der Waals surface area contributed by atoms with Crippen molar-refractivity contribution in [3.05, 3.63) is 18.0 Å². The zero-order valence-corrected chi connectivity index (χ0v) is 15.1. The third-order valence-electron chi connectivity index (χ3n) is 4.27. The highest BCUT2D eigenvalue weighted by atomic mass is 16.6. The summed E-state index contributed by atoms with van der Waals surface area (Å²) < 4.78 is 10.4. The van der Waals surface area contributed by atoms with Gasteiger partial charge in [-0.05, 0) is 34.1 Å². The molecule has 8 nitrogen and oxygen atoms in total. The number of ether oxygens (including phenoxy) is 2. The summed E-state index contributed by atoms with van der Waals surface area (Å²) in [4.78, 5) is 36.4. The molecule has 0 saturated carbocycles. The number of hydrogen-bond donors (Lipinski definition) is 0. The predicted molar refractivity (Wildman–Crippen MR) is 90.5 cm³/mol. The molecule has 0 radical (unpaired) electrons. The van der Waals surface area contributed by atoms with Gasteiger partial charge in [0.1, 0.15) is 5.60 Å². The molecule has 0 spiro atoms. The van der Waals surface area contributed by atoms with Crippen molar-refractivity contribution >= 4 is 18.0 Å². The SMILES string of the molecule is CCOC(=O)c1cnc(N2C[C@@H]3C[C@H]2CN3C(=O)OC(C)(C)C)nc1. The van der Waals surface area contributed by atoms with Crippen molar-refractivity contribution < 1.29 is 19.1 Å². The highest BCUT2D eigenvalue weighted by molar-refractivity contribution is 5.88. The zero-order chi connectivity index (χ0) is 18.2. The number of aromatic nitrogens is 2. The maximum absolute atomic E-state index is 12.3. The molecule has 0 unspecified atom stereocenters. The van der Waals surface area contributed by atoms with Crippen LogP contribution in [-0.4, -0.2) is 64.3 Å². The first-order valence-corrected chi connectivity index (χ1v) is 8.54. The predicted octanol–water partition coefficient (Wildman–Crippen LogP) is 1.85. The summed E-state index contributed by atoms with van der Waals surface area (Å²) in [6, 6.07) is 0.277. The Hall–Kier alpha value is -2.38. The van der Waals surface area contributed by atoms with Crippen LogP contribution < -0.4 is 4.90 Å². The Morgan fingerprint density at radius 2 is 1.88 bits per heavy atom. The molecule has 2 atom stereocenters. The molecule has 2 aliphatic heterocycles. The van der Waals surface area contributed by atoms with Gasteiger partial charge in [0.15, 0.2) is 0 Å². The number of likely N-dealkylation sites (tertiary alicyclic amines) is 1. The molecule has 136 valence electrons. The molecule has 1 amide bonds. The molecule has 2 aliphatic rings. The number of carbonyl (C=O) groups is 2. The van der Waals surface area contributed by atoms with E-state index in [-0.39, 0.29) is 18.2 Å². The normalized spacial score (nSPS) is 22.2. The van der Waals surface area contributed by atoms with Gasteiger partial charge in [0, 0.05) is 25.5 Å². The Kier molecular flexibility index (Phi) is 4.53. The van der Waals surface area contributed by atoms with E-state index in [1.54, 1.807) is 11.8 Å². The standard InChI is InChI=1S/C17H24N4O4/c1-5-24-14(22)11-7-18-15(19-8-11)20-9-13-6-12(20)10-21(13)16(23)25-17(2,3)4/h7-8,12-13H,5-6,9-10H2,1-4H3/t12-,13-/m0/s1. The summed E-state index contributed by atoms with van der Waals surface area (Å²) in [5, 5.41) is 0. The van der Waals surface area contributed by atoms with Crippen molar-refractivity contribution in [2.45, 2.75) is 51.8 Å². The molecule has 0 aliphatic carbocycles. The molecule has 0 N–H and O–H groups in total. The minimum Gasteiger partial charge on any atom is -0.462 e. The fourth-order valence-electron chi connectivity index (χ4n) is 3.25. The van der Waals surface area contributed by atoms with Gasteiger partial charge in [0.25, 0.3) is 0 Å². The summed E-state index contributed by atoms with van der Waals surface area (Å²) in [5.74, 6) is 0.150. The van der Waals surface area contributed by atoms with Crippen LogP contribution in [0.2, 0.25) is 0 Å². The lowest BCUT2D eigenvalue weighted by molar-refractivity contribution is 0.0214. The number of hydrogen-bond acceptors (Lipinski definition) is 7. The van der Waals surface area contributed by atoms with Gasteiger partial charge in [-0.25, -0.2) is 19.6 Å². The molecule has 3 heterocycles. The second-order valence-electron chi connectivity index (χ2n) is 7.32. The van der Waals surface area contributed by atoms with Crippen LogP contribution in [0, 0.1) is 0 Å². The van der Waals surface area contributed by atoms with E-state index >= 15 is 0 Å². The molecule has 1 aromatic heterocycles. The molecule has 8 heteroatoms. The van der Waals surface area contributed by atoms with Crippen LogP contribution in [0.1, 0.15) is 44.5 Å². The van der Waals surface area contributed by atoms with Crippen molar-refractivity contribution in [3.63, 3.8) is 0 Å². The van der Waals surface area contributed by atoms with Gasteiger partial charge < -0.3 is 19.3 Å². The van der Waals surface area contributed by atoms with Crippen molar-refractivity contribution in [2.75, 3.05) is 24.6 Å². The van der Waals surface area contributed by atoms with E-state index in [0.717, 1.165) is 6.42 Å². The van der Waals surface area contributed by atoms with Crippen molar-refractivity contribution in [3.8, 4) is 0 Å². The minimum atomic E-state index is -0.495. The number of rotatable bonds is 3. The van der Waals surface area contributed by atoms with Gasteiger partial charge in [-0.1, -0.05) is 0 Å². The van der Waals surface area contributed by atoms with Crippen LogP contribution in [0.3, 0.4) is 0 Å². The number of esters is 1. The summed E-state index contributed by atoms with van der Waals surface area (Å²) in [5.41, 5.74) is -0.157. The van der Waals surface area contributed by atoms with Gasteiger partial charge in [0.2, 0.25) is 5.95 Å². The van der Waals surface area contributed by atoms with Crippen LogP contribution in [0.15, 0.2) is 12.4 Å². The minimum absolute atomic E-state index is 0.105. The maximum atomic E-state index is 12.3. The molecule has 1 aromatic rings. The Bertz CT molecular complexity index is 656. The zero-order valence-electron chi connectivity index (χ0n) is 15.1. The highest BCUT2D eigenvalue weighted by Gasteiger charge is 2.47. The third-order valence-corrected chi connectivity index (χ3v) is 4.27. The molecule has 0 aromatic carbocycles. The van der Waals surface area contributed by atoms with Crippen molar-refractivity contribution in [1.29, 1.82) is 0 Å². The van der Waals surface area contributed by atoms with Crippen LogP contribution in [0.4, 0.5) is 10.7 Å². The monoisotopic (exact) mass is 348 g/mol. The van der Waals surface area contributed by atoms with E-state index in [1.165, 1.54) is 12.4 Å². The van der Waals surface area contributed by atoms with Gasteiger partial charge in [-0.15, -0.1) is 0 Å². The molecule has 3 rings (SSSR count). The van der Waals surface area contributed by atoms with Gasteiger partial charge in [-0.3, -0.25) is 0 Å². The van der Waals surface area contributed by atoms with E-state index in [1.807, 2.05) is 20.8 Å². The van der Waals surface area contributed by atoms with Crippen LogP contribution in [0.25, 0.3) is 0 Å². The average Bonchev–Trinajstić information content (AvgIpc) is 3.14. The van der Waals surface area contributed by atoms with Crippen LogP contribution >= 0.6 is 0 Å². The Labute approximate surface area is 147 Å². The molecule has 2 bridgehead atoms. The Balaban J connectivity index is 1.63. The second-order valence-corrected chi connectivity index (χ2v) is 7.32. The van der Waals surface area contributed by atoms with Crippen LogP contribution in [0.5, 0.6) is 0 Å². The number of carbonyl (C=O) groups excluding carboxylic acids is 2. The van der Waals surface area contributed by atoms with Gasteiger partial charge >= 0.3 is 12.1 Å². The largest absolute Gasteiger partial charge is 0.462 e. The quantitative estimate of drug-likeness (QED) is 0.771. The van der Waals surface area contributed by atoms with E-state index < -0.39 is 11.6 Å². The topological polar surface area (TPSA) is 84.9 Å². The number of nitrogens with zero attached hydrogens (tertiary/aromatic N) is 4. The van der Waals surface area contributed by atoms with E-state index in [0.29, 0.717) is 31.2 Å². The first-order valence-electron chi connectivity index (χ1n) is 8.54. The summed E-state index contributed by atoms with van der Waals surface area (Å²) >= 11 is 0. The third kappa shape index (κ3) is 3.67. The number of fused-ring (bicyclic) bond motifs is 2. The molecule has 2 fully saturated rings. The van der Waals surface area contributed by atoms with Gasteiger partial charge in [0.05, 0.1) is 24.3 Å². The molecule has 25 heavy (non-hydrogen) atoms. The smallest absolute Gasteiger partial charge is 0.410 e. The number of piperazine rings is 1. The van der Waals surface area contributed by atoms with Crippen molar-refractivity contribution in [2.24, 2.45) is 0 Å².